The van der Waals surface area contributed by atoms with Crippen LogP contribution in [0.5, 0.6) is 0 Å². The van der Waals surface area contributed by atoms with Crippen LogP contribution in [-0.2, 0) is 14.3 Å². The van der Waals surface area contributed by atoms with Crippen LogP contribution < -0.4 is 0 Å². The Morgan fingerprint density at radius 1 is 1.60 bits per heavy atom. The lowest BCUT2D eigenvalue weighted by Gasteiger charge is -2.22. The average molecular weight is 211 g/mol. The fourth-order valence-electron chi connectivity index (χ4n) is 1.36. The van der Waals surface area contributed by atoms with Gasteiger partial charge in [-0.3, -0.25) is 4.79 Å². The quantitative estimate of drug-likeness (QED) is 0.623. The molecule has 1 aliphatic heterocycles. The van der Waals surface area contributed by atoms with Crippen LogP contribution in [0.3, 0.4) is 0 Å². The predicted molar refractivity (Wildman–Crippen MR) is 57.1 cm³/mol. The van der Waals surface area contributed by atoms with Crippen molar-refractivity contribution < 1.29 is 14.3 Å². The van der Waals surface area contributed by atoms with Gasteiger partial charge in [0.1, 0.15) is 6.61 Å². The van der Waals surface area contributed by atoms with Gasteiger partial charge in [-0.2, -0.15) is 0 Å². The highest BCUT2D eigenvalue weighted by Gasteiger charge is 2.15. The minimum absolute atomic E-state index is 0.0446. The monoisotopic (exact) mass is 211 g/mol. The Bertz CT molecular complexity index is 240. The number of Topliss-reactive ketones (excluding diaryl/α,β-unsaturated/α-hetero) is 1. The van der Waals surface area contributed by atoms with Gasteiger partial charge in [0.2, 0.25) is 0 Å². The Morgan fingerprint density at radius 3 is 3.13 bits per heavy atom. The van der Waals surface area contributed by atoms with Crippen LogP contribution in [0.25, 0.3) is 0 Å². The van der Waals surface area contributed by atoms with E-state index in [1.54, 1.807) is 0 Å². The van der Waals surface area contributed by atoms with E-state index in [0.717, 1.165) is 25.9 Å². The van der Waals surface area contributed by atoms with E-state index in [-0.39, 0.29) is 18.7 Å². The van der Waals surface area contributed by atoms with Crippen molar-refractivity contribution >= 4 is 11.7 Å². The summed E-state index contributed by atoms with van der Waals surface area (Å²) in [5.41, 5.74) is 0. The fourth-order valence-corrected chi connectivity index (χ4v) is 1.36. The Morgan fingerprint density at radius 2 is 2.47 bits per heavy atom. The molecular formula is C11H17NO3. The van der Waals surface area contributed by atoms with Gasteiger partial charge in [0, 0.05) is 13.0 Å². The molecule has 0 aliphatic carbocycles. The van der Waals surface area contributed by atoms with Gasteiger partial charge in [-0.15, -0.1) is 0 Å². The van der Waals surface area contributed by atoms with Crippen molar-refractivity contribution in [1.82, 2.24) is 0 Å². The van der Waals surface area contributed by atoms with Crippen LogP contribution in [0.15, 0.2) is 11.6 Å². The van der Waals surface area contributed by atoms with Crippen molar-refractivity contribution in [3.05, 3.63) is 6.58 Å². The maximum Gasteiger partial charge on any atom is 0.160 e. The van der Waals surface area contributed by atoms with Crippen LogP contribution in [0.4, 0.5) is 0 Å². The third-order valence-electron chi connectivity index (χ3n) is 2.18. The van der Waals surface area contributed by atoms with E-state index in [2.05, 4.69) is 17.4 Å². The maximum absolute atomic E-state index is 11.3. The van der Waals surface area contributed by atoms with E-state index >= 15 is 0 Å². The second-order valence-corrected chi connectivity index (χ2v) is 3.44. The fraction of sp³-hybridized carbons (Fsp3) is 0.727. The zero-order chi connectivity index (χ0) is 10.9. The molecule has 0 radical (unpaired) electrons. The van der Waals surface area contributed by atoms with Crippen molar-refractivity contribution in [2.45, 2.75) is 32.0 Å². The molecule has 0 amide bonds. The molecule has 0 N–H and O–H groups in total. The Balaban J connectivity index is 2.07. The molecule has 84 valence electrons. The number of aliphatic imine (C=N–C) groups is 1. The van der Waals surface area contributed by atoms with Crippen LogP contribution in [0, 0.1) is 0 Å². The minimum Gasteiger partial charge on any atom is -0.353 e. The van der Waals surface area contributed by atoms with Crippen LogP contribution in [-0.4, -0.2) is 37.7 Å². The molecule has 1 atom stereocenters. The molecule has 0 aromatic heterocycles. The SMILES string of the molecule is C=C=NCCC(=O)COC1CCCCO1. The van der Waals surface area contributed by atoms with E-state index < -0.39 is 0 Å². The molecule has 0 bridgehead atoms. The molecule has 0 spiro atoms. The largest absolute Gasteiger partial charge is 0.353 e. The van der Waals surface area contributed by atoms with Gasteiger partial charge in [0.25, 0.3) is 0 Å². The molecule has 1 aliphatic rings. The first kappa shape index (κ1) is 12.1. The van der Waals surface area contributed by atoms with Crippen LogP contribution in [0.2, 0.25) is 0 Å². The summed E-state index contributed by atoms with van der Waals surface area (Å²) >= 11 is 0. The number of ketones is 1. The topological polar surface area (TPSA) is 47.9 Å². The maximum atomic E-state index is 11.3. The van der Waals surface area contributed by atoms with Crippen molar-refractivity contribution in [3.63, 3.8) is 0 Å². The lowest BCUT2D eigenvalue weighted by molar-refractivity contribution is -0.169. The van der Waals surface area contributed by atoms with Gasteiger partial charge in [-0.1, -0.05) is 0 Å². The first-order valence-corrected chi connectivity index (χ1v) is 5.26. The van der Waals surface area contributed by atoms with Crippen molar-refractivity contribution in [3.8, 4) is 0 Å². The molecule has 1 unspecified atom stereocenters. The minimum atomic E-state index is -0.189. The highest BCUT2D eigenvalue weighted by Crippen LogP contribution is 2.13. The standard InChI is InChI=1S/C11H17NO3/c1-2-12-7-6-10(13)9-15-11-5-3-4-8-14-11/h11H,1,3-9H2. The lowest BCUT2D eigenvalue weighted by atomic mass is 10.2. The summed E-state index contributed by atoms with van der Waals surface area (Å²) in [4.78, 5) is 15.0. The molecule has 0 aromatic carbocycles. The van der Waals surface area contributed by atoms with E-state index in [1.165, 1.54) is 0 Å². The molecule has 0 saturated carbocycles. The molecule has 1 saturated heterocycles. The first-order valence-electron chi connectivity index (χ1n) is 5.26. The number of carbonyl (C=O) groups excluding carboxylic acids is 1. The second kappa shape index (κ2) is 7.35. The van der Waals surface area contributed by atoms with Gasteiger partial charge in [-0.25, -0.2) is 4.99 Å². The van der Waals surface area contributed by atoms with Gasteiger partial charge < -0.3 is 9.47 Å². The van der Waals surface area contributed by atoms with E-state index in [0.29, 0.717) is 13.0 Å². The van der Waals surface area contributed by atoms with Crippen LogP contribution in [0.1, 0.15) is 25.7 Å². The normalized spacial score (nSPS) is 20.7. The van der Waals surface area contributed by atoms with Crippen molar-refractivity contribution in [2.75, 3.05) is 19.8 Å². The first-order chi connectivity index (χ1) is 7.33. The molecular weight excluding hydrogens is 194 g/mol. The molecule has 0 aromatic rings. The predicted octanol–water partition coefficient (Wildman–Crippen LogP) is 1.34. The van der Waals surface area contributed by atoms with Gasteiger partial charge >= 0.3 is 0 Å². The number of nitrogens with zero attached hydrogens (tertiary/aromatic N) is 1. The summed E-state index contributed by atoms with van der Waals surface area (Å²) in [5.74, 6) is 2.43. The second-order valence-electron chi connectivity index (χ2n) is 3.44. The van der Waals surface area contributed by atoms with E-state index in [9.17, 15) is 4.79 Å². The Kier molecular flexibility index (Phi) is 5.93. The average Bonchev–Trinajstić information content (AvgIpc) is 2.28. The molecule has 4 heteroatoms. The summed E-state index contributed by atoms with van der Waals surface area (Å²) < 4.78 is 10.7. The zero-order valence-corrected chi connectivity index (χ0v) is 8.91. The van der Waals surface area contributed by atoms with Crippen molar-refractivity contribution in [1.29, 1.82) is 0 Å². The Hall–Kier alpha value is -0.960. The highest BCUT2D eigenvalue weighted by atomic mass is 16.7. The summed E-state index contributed by atoms with van der Waals surface area (Å²) in [6, 6.07) is 0. The third kappa shape index (κ3) is 5.47. The van der Waals surface area contributed by atoms with Gasteiger partial charge in [0.15, 0.2) is 12.1 Å². The van der Waals surface area contributed by atoms with Gasteiger partial charge in [-0.05, 0) is 31.7 Å². The lowest BCUT2D eigenvalue weighted by Crippen LogP contribution is -2.25. The zero-order valence-electron chi connectivity index (χ0n) is 8.91. The van der Waals surface area contributed by atoms with Crippen LogP contribution >= 0.6 is 0 Å². The number of carbonyl (C=O) groups is 1. The highest BCUT2D eigenvalue weighted by molar-refractivity contribution is 5.79. The Labute approximate surface area is 90.0 Å². The molecule has 1 rings (SSSR count). The summed E-state index contributed by atoms with van der Waals surface area (Å²) in [6.07, 6.45) is 3.28. The molecule has 1 fully saturated rings. The molecule has 4 nitrogen and oxygen atoms in total. The van der Waals surface area contributed by atoms with E-state index in [1.807, 2.05) is 0 Å². The third-order valence-corrected chi connectivity index (χ3v) is 2.18. The summed E-state index contributed by atoms with van der Waals surface area (Å²) in [5, 5.41) is 0. The molecule has 15 heavy (non-hydrogen) atoms. The van der Waals surface area contributed by atoms with Crippen molar-refractivity contribution in [2.24, 2.45) is 4.99 Å². The summed E-state index contributed by atoms with van der Waals surface area (Å²) in [6.45, 7) is 4.62. The summed E-state index contributed by atoms with van der Waals surface area (Å²) in [7, 11) is 0. The number of rotatable bonds is 6. The smallest absolute Gasteiger partial charge is 0.160 e. The number of ether oxygens (including phenoxy) is 2. The molecule has 1 heterocycles. The number of hydrogen-bond donors (Lipinski definition) is 0. The van der Waals surface area contributed by atoms with Gasteiger partial charge in [0.05, 0.1) is 6.54 Å². The number of hydrogen-bond acceptors (Lipinski definition) is 4. The van der Waals surface area contributed by atoms with E-state index in [4.69, 9.17) is 9.47 Å².